The molecule has 0 aliphatic rings. The lowest BCUT2D eigenvalue weighted by Gasteiger charge is -2.01. The third kappa shape index (κ3) is 2.17. The Balaban J connectivity index is 2.59. The minimum absolute atomic E-state index is 0.206. The van der Waals surface area contributed by atoms with Crippen LogP contribution in [0.4, 0.5) is 13.2 Å². The van der Waals surface area contributed by atoms with Crippen LogP contribution in [0.5, 0.6) is 0 Å². The molecule has 2 aromatic heterocycles. The molecule has 92 valence electrons. The summed E-state index contributed by atoms with van der Waals surface area (Å²) in [5, 5.41) is 2.36. The number of halogens is 3. The van der Waals surface area contributed by atoms with E-state index in [9.17, 15) is 18.0 Å². The number of fused-ring (bicyclic) bond motifs is 1. The molecule has 17 heavy (non-hydrogen) atoms. The molecular formula is C10H10F3N3O. The summed E-state index contributed by atoms with van der Waals surface area (Å²) in [5.74, 6) is -0.264. The van der Waals surface area contributed by atoms with Gasteiger partial charge in [-0.3, -0.25) is 9.89 Å². The number of aromatic nitrogens is 3. The Morgan fingerprint density at radius 2 is 2.06 bits per heavy atom. The number of aryl methyl sites for hydroxylation is 1. The molecule has 0 amide bonds. The van der Waals surface area contributed by atoms with E-state index >= 15 is 0 Å². The van der Waals surface area contributed by atoms with E-state index in [1.54, 1.807) is 19.9 Å². The van der Waals surface area contributed by atoms with E-state index in [1.165, 1.54) is 0 Å². The van der Waals surface area contributed by atoms with Gasteiger partial charge >= 0.3 is 6.18 Å². The minimum atomic E-state index is -4.35. The predicted molar refractivity (Wildman–Crippen MR) is 55.0 cm³/mol. The average molecular weight is 245 g/mol. The van der Waals surface area contributed by atoms with Crippen molar-refractivity contribution in [3.63, 3.8) is 0 Å². The molecule has 0 saturated carbocycles. The SMILES string of the molecule is Cc1cc2nc(CC(F)(F)F)[nH]n2c(=O)c1C. The first-order valence-corrected chi connectivity index (χ1v) is 4.92. The van der Waals surface area contributed by atoms with Crippen LogP contribution in [0, 0.1) is 13.8 Å². The summed E-state index contributed by atoms with van der Waals surface area (Å²) in [6, 6.07) is 1.58. The number of pyridine rings is 1. The highest BCUT2D eigenvalue weighted by molar-refractivity contribution is 5.43. The molecule has 1 N–H and O–H groups in total. The first-order valence-electron chi connectivity index (χ1n) is 4.92. The molecule has 0 bridgehead atoms. The van der Waals surface area contributed by atoms with Gasteiger partial charge < -0.3 is 0 Å². The van der Waals surface area contributed by atoms with E-state index in [0.717, 1.165) is 4.52 Å². The van der Waals surface area contributed by atoms with Crippen LogP contribution in [0.1, 0.15) is 17.0 Å². The van der Waals surface area contributed by atoms with Crippen molar-refractivity contribution >= 4 is 5.65 Å². The summed E-state index contributed by atoms with van der Waals surface area (Å²) in [6.45, 7) is 3.34. The molecule has 2 rings (SSSR count). The molecule has 0 unspecified atom stereocenters. The van der Waals surface area contributed by atoms with Crippen molar-refractivity contribution in [1.82, 2.24) is 14.6 Å². The van der Waals surface area contributed by atoms with Gasteiger partial charge in [-0.1, -0.05) is 0 Å². The molecule has 0 spiro atoms. The summed E-state index contributed by atoms with van der Waals surface area (Å²) < 4.78 is 37.6. The lowest BCUT2D eigenvalue weighted by molar-refractivity contribution is -0.128. The molecule has 0 atom stereocenters. The monoisotopic (exact) mass is 245 g/mol. The molecule has 0 fully saturated rings. The number of H-pyrrole nitrogens is 1. The average Bonchev–Trinajstić information content (AvgIpc) is 2.54. The van der Waals surface area contributed by atoms with Gasteiger partial charge in [-0.05, 0) is 25.5 Å². The third-order valence-electron chi connectivity index (χ3n) is 2.55. The van der Waals surface area contributed by atoms with Crippen LogP contribution in [-0.4, -0.2) is 20.8 Å². The molecule has 0 radical (unpaired) electrons. The molecular weight excluding hydrogens is 235 g/mol. The highest BCUT2D eigenvalue weighted by Gasteiger charge is 2.29. The molecule has 0 aliphatic carbocycles. The zero-order chi connectivity index (χ0) is 12.8. The first-order chi connectivity index (χ1) is 7.78. The number of hydrogen-bond acceptors (Lipinski definition) is 2. The quantitative estimate of drug-likeness (QED) is 0.832. The van der Waals surface area contributed by atoms with Crippen molar-refractivity contribution in [2.75, 3.05) is 0 Å². The molecule has 2 heterocycles. The number of hydrogen-bond donors (Lipinski definition) is 1. The molecule has 0 saturated heterocycles. The first kappa shape index (κ1) is 11.7. The van der Waals surface area contributed by atoms with E-state index in [1.807, 2.05) is 0 Å². The van der Waals surface area contributed by atoms with Gasteiger partial charge in [0, 0.05) is 5.56 Å². The molecule has 7 heteroatoms. The van der Waals surface area contributed by atoms with Crippen molar-refractivity contribution in [3.05, 3.63) is 33.4 Å². The van der Waals surface area contributed by atoms with E-state index in [0.29, 0.717) is 11.1 Å². The van der Waals surface area contributed by atoms with E-state index in [4.69, 9.17) is 0 Å². The van der Waals surface area contributed by atoms with Crippen molar-refractivity contribution < 1.29 is 13.2 Å². The zero-order valence-corrected chi connectivity index (χ0v) is 9.22. The van der Waals surface area contributed by atoms with Gasteiger partial charge in [0.2, 0.25) is 0 Å². The van der Waals surface area contributed by atoms with Crippen LogP contribution in [0.15, 0.2) is 10.9 Å². The Bertz CT molecular complexity index is 624. The number of aromatic amines is 1. The highest BCUT2D eigenvalue weighted by Crippen LogP contribution is 2.19. The summed E-state index contributed by atoms with van der Waals surface area (Å²) in [4.78, 5) is 15.5. The Hall–Kier alpha value is -1.79. The fourth-order valence-electron chi connectivity index (χ4n) is 1.56. The summed E-state index contributed by atoms with van der Waals surface area (Å²) in [7, 11) is 0. The standard InChI is InChI=1S/C10H10F3N3O/c1-5-3-8-14-7(4-10(11,12)13)15-16(8)9(17)6(5)2/h3H,4H2,1-2H3,(H,14,15). The summed E-state index contributed by atoms with van der Waals surface area (Å²) in [5.41, 5.74) is 1.03. The maximum atomic E-state index is 12.2. The molecule has 2 aromatic rings. The predicted octanol–water partition coefficient (Wildman–Crippen LogP) is 1.74. The topological polar surface area (TPSA) is 50.2 Å². The van der Waals surface area contributed by atoms with Gasteiger partial charge in [0.15, 0.2) is 5.65 Å². The largest absolute Gasteiger partial charge is 0.396 e. The van der Waals surface area contributed by atoms with Crippen LogP contribution in [-0.2, 0) is 6.42 Å². The van der Waals surface area contributed by atoms with Crippen molar-refractivity contribution in [2.45, 2.75) is 26.4 Å². The Labute approximate surface area is 94.1 Å². The highest BCUT2D eigenvalue weighted by atomic mass is 19.4. The van der Waals surface area contributed by atoms with Gasteiger partial charge in [-0.15, -0.1) is 0 Å². The van der Waals surface area contributed by atoms with Crippen molar-refractivity contribution in [1.29, 1.82) is 0 Å². The van der Waals surface area contributed by atoms with E-state index in [2.05, 4.69) is 10.1 Å². The lowest BCUT2D eigenvalue weighted by Crippen LogP contribution is -2.18. The third-order valence-corrected chi connectivity index (χ3v) is 2.55. The van der Waals surface area contributed by atoms with Crippen LogP contribution in [0.25, 0.3) is 5.65 Å². The second-order valence-electron chi connectivity index (χ2n) is 3.91. The van der Waals surface area contributed by atoms with E-state index in [-0.39, 0.29) is 17.0 Å². The van der Waals surface area contributed by atoms with Crippen molar-refractivity contribution in [3.8, 4) is 0 Å². The summed E-state index contributed by atoms with van der Waals surface area (Å²) in [6.07, 6.45) is -5.52. The molecule has 0 aromatic carbocycles. The van der Waals surface area contributed by atoms with Crippen LogP contribution in [0.3, 0.4) is 0 Å². The van der Waals surface area contributed by atoms with Gasteiger partial charge in [-0.25, -0.2) is 4.98 Å². The second-order valence-corrected chi connectivity index (χ2v) is 3.91. The lowest BCUT2D eigenvalue weighted by atomic mass is 10.2. The number of nitrogens with zero attached hydrogens (tertiary/aromatic N) is 2. The van der Waals surface area contributed by atoms with E-state index < -0.39 is 12.6 Å². The fourth-order valence-corrected chi connectivity index (χ4v) is 1.56. The van der Waals surface area contributed by atoms with Gasteiger partial charge in [-0.2, -0.15) is 17.7 Å². The fraction of sp³-hybridized carbons (Fsp3) is 0.400. The maximum absolute atomic E-state index is 12.2. The van der Waals surface area contributed by atoms with Gasteiger partial charge in [0.05, 0.1) is 0 Å². The normalized spacial score (nSPS) is 12.3. The summed E-state index contributed by atoms with van der Waals surface area (Å²) >= 11 is 0. The van der Waals surface area contributed by atoms with Crippen LogP contribution < -0.4 is 5.56 Å². The Morgan fingerprint density at radius 3 is 2.65 bits per heavy atom. The zero-order valence-electron chi connectivity index (χ0n) is 9.22. The minimum Gasteiger partial charge on any atom is -0.276 e. The van der Waals surface area contributed by atoms with Gasteiger partial charge in [0.1, 0.15) is 12.2 Å². The molecule has 4 nitrogen and oxygen atoms in total. The number of alkyl halides is 3. The maximum Gasteiger partial charge on any atom is 0.396 e. The smallest absolute Gasteiger partial charge is 0.276 e. The van der Waals surface area contributed by atoms with Gasteiger partial charge in [0.25, 0.3) is 5.56 Å². The number of nitrogens with one attached hydrogen (secondary N) is 1. The molecule has 0 aliphatic heterocycles. The van der Waals surface area contributed by atoms with Crippen molar-refractivity contribution in [2.24, 2.45) is 0 Å². The Kier molecular flexibility index (Phi) is 2.48. The Morgan fingerprint density at radius 1 is 1.41 bits per heavy atom. The van der Waals surface area contributed by atoms with Crippen LogP contribution in [0.2, 0.25) is 0 Å². The second kappa shape index (κ2) is 3.61. The van der Waals surface area contributed by atoms with Crippen LogP contribution >= 0.6 is 0 Å². The number of rotatable bonds is 1.